The average Bonchev–Trinajstić information content (AvgIpc) is 2.95. The molecule has 4 nitrogen and oxygen atoms in total. The molecule has 1 aromatic rings. The van der Waals surface area contributed by atoms with Gasteiger partial charge in [0.05, 0.1) is 0 Å². The summed E-state index contributed by atoms with van der Waals surface area (Å²) in [6.45, 7) is 3.77. The maximum absolute atomic E-state index is 12.6. The van der Waals surface area contributed by atoms with Gasteiger partial charge in [-0.1, -0.05) is 37.6 Å². The van der Waals surface area contributed by atoms with Gasteiger partial charge in [-0.25, -0.2) is 5.43 Å². The molecule has 0 spiro atoms. The van der Waals surface area contributed by atoms with Crippen LogP contribution in [0.4, 0.5) is 0 Å². The number of hydrogen-bond acceptors (Lipinski definition) is 3. The molecule has 2 aliphatic rings. The Kier molecular flexibility index (Phi) is 4.03. The Morgan fingerprint density at radius 1 is 1.30 bits per heavy atom. The van der Waals surface area contributed by atoms with Crippen molar-refractivity contribution in [1.82, 2.24) is 15.8 Å². The third-order valence-corrected chi connectivity index (χ3v) is 4.36. The summed E-state index contributed by atoms with van der Waals surface area (Å²) in [5.41, 5.74) is 9.10. The molecule has 0 bridgehead atoms. The predicted octanol–water partition coefficient (Wildman–Crippen LogP) is 1.61. The van der Waals surface area contributed by atoms with E-state index in [0.717, 1.165) is 38.8 Å². The molecule has 1 amide bonds. The molecule has 0 aliphatic carbocycles. The molecule has 1 saturated heterocycles. The van der Waals surface area contributed by atoms with Crippen molar-refractivity contribution in [3.05, 3.63) is 35.4 Å². The van der Waals surface area contributed by atoms with Crippen LogP contribution in [0.15, 0.2) is 24.3 Å². The number of hydrogen-bond donors (Lipinski definition) is 2. The number of nitrogens with zero attached hydrogens (tertiary/aromatic N) is 1. The van der Waals surface area contributed by atoms with Gasteiger partial charge in [-0.15, -0.1) is 0 Å². The standard InChI is InChI=1S/C16H23N3O/c1-2-5-14-10-15(18-17-14)16(20)19-9-8-12-6-3-4-7-13(12)11-19/h3-4,6-7,14-15,17-18H,2,5,8-11H2,1H3. The van der Waals surface area contributed by atoms with E-state index in [1.165, 1.54) is 11.1 Å². The first kappa shape index (κ1) is 13.6. The third-order valence-electron chi connectivity index (χ3n) is 4.36. The lowest BCUT2D eigenvalue weighted by Crippen LogP contribution is -2.47. The van der Waals surface area contributed by atoms with Crippen LogP contribution in [0.3, 0.4) is 0 Å². The second-order valence-corrected chi connectivity index (χ2v) is 5.84. The van der Waals surface area contributed by atoms with Gasteiger partial charge in [-0.2, -0.15) is 0 Å². The van der Waals surface area contributed by atoms with Gasteiger partial charge in [0.2, 0.25) is 5.91 Å². The highest BCUT2D eigenvalue weighted by atomic mass is 16.2. The van der Waals surface area contributed by atoms with Crippen LogP contribution >= 0.6 is 0 Å². The van der Waals surface area contributed by atoms with Gasteiger partial charge in [-0.05, 0) is 30.4 Å². The second kappa shape index (κ2) is 5.94. The molecule has 2 atom stereocenters. The maximum Gasteiger partial charge on any atom is 0.241 e. The van der Waals surface area contributed by atoms with E-state index in [9.17, 15) is 4.79 Å². The van der Waals surface area contributed by atoms with Crippen LogP contribution < -0.4 is 10.9 Å². The van der Waals surface area contributed by atoms with Crippen LogP contribution in [0.25, 0.3) is 0 Å². The fraction of sp³-hybridized carbons (Fsp3) is 0.562. The molecule has 2 N–H and O–H groups in total. The van der Waals surface area contributed by atoms with Gasteiger partial charge in [0, 0.05) is 19.1 Å². The minimum atomic E-state index is -0.0585. The quantitative estimate of drug-likeness (QED) is 0.879. The van der Waals surface area contributed by atoms with E-state index in [4.69, 9.17) is 0 Å². The van der Waals surface area contributed by atoms with Crippen molar-refractivity contribution in [1.29, 1.82) is 0 Å². The lowest BCUT2D eigenvalue weighted by Gasteiger charge is -2.30. The molecule has 2 aliphatic heterocycles. The minimum absolute atomic E-state index is 0.0585. The highest BCUT2D eigenvalue weighted by Crippen LogP contribution is 2.20. The third kappa shape index (κ3) is 2.72. The van der Waals surface area contributed by atoms with E-state index >= 15 is 0 Å². The Balaban J connectivity index is 1.62. The highest BCUT2D eigenvalue weighted by molar-refractivity contribution is 5.82. The molecule has 1 fully saturated rings. The van der Waals surface area contributed by atoms with E-state index in [0.29, 0.717) is 6.04 Å². The van der Waals surface area contributed by atoms with E-state index in [1.807, 2.05) is 4.90 Å². The van der Waals surface area contributed by atoms with Crippen LogP contribution in [0.5, 0.6) is 0 Å². The summed E-state index contributed by atoms with van der Waals surface area (Å²) in [7, 11) is 0. The first-order valence-corrected chi connectivity index (χ1v) is 7.64. The average molecular weight is 273 g/mol. The summed E-state index contributed by atoms with van der Waals surface area (Å²) in [6.07, 6.45) is 4.15. The van der Waals surface area contributed by atoms with Crippen LogP contribution in [0.1, 0.15) is 37.3 Å². The van der Waals surface area contributed by atoms with E-state index in [2.05, 4.69) is 42.0 Å². The number of rotatable bonds is 3. The van der Waals surface area contributed by atoms with Crippen LogP contribution in [0.2, 0.25) is 0 Å². The Labute approximate surface area is 120 Å². The fourth-order valence-electron chi connectivity index (χ4n) is 3.23. The first-order chi connectivity index (χ1) is 9.78. The lowest BCUT2D eigenvalue weighted by molar-refractivity contribution is -0.134. The van der Waals surface area contributed by atoms with Crippen molar-refractivity contribution in [2.24, 2.45) is 0 Å². The summed E-state index contributed by atoms with van der Waals surface area (Å²) in [5.74, 6) is 0.241. The van der Waals surface area contributed by atoms with Crippen LogP contribution in [0, 0.1) is 0 Å². The molecular formula is C16H23N3O. The number of nitrogens with one attached hydrogen (secondary N) is 2. The molecule has 2 heterocycles. The minimum Gasteiger partial charge on any atom is -0.337 e. The summed E-state index contributed by atoms with van der Waals surface area (Å²) < 4.78 is 0. The number of carbonyl (C=O) groups excluding carboxylic acids is 1. The van der Waals surface area contributed by atoms with Gasteiger partial charge in [-0.3, -0.25) is 10.2 Å². The van der Waals surface area contributed by atoms with Crippen LogP contribution in [-0.4, -0.2) is 29.4 Å². The molecule has 0 aromatic heterocycles. The Bertz CT molecular complexity index is 488. The summed E-state index contributed by atoms with van der Waals surface area (Å²) in [4.78, 5) is 14.6. The van der Waals surface area contributed by atoms with Gasteiger partial charge >= 0.3 is 0 Å². The Hall–Kier alpha value is -1.39. The fourth-order valence-corrected chi connectivity index (χ4v) is 3.23. The normalized spacial score (nSPS) is 25.6. The van der Waals surface area contributed by atoms with Crippen molar-refractivity contribution >= 4 is 5.91 Å². The number of benzene rings is 1. The zero-order chi connectivity index (χ0) is 13.9. The number of amides is 1. The van der Waals surface area contributed by atoms with Crippen molar-refractivity contribution < 1.29 is 4.79 Å². The summed E-state index contributed by atoms with van der Waals surface area (Å²) >= 11 is 0. The molecular weight excluding hydrogens is 250 g/mol. The SMILES string of the molecule is CCCC1CC(C(=O)N2CCc3ccccc3C2)NN1. The largest absolute Gasteiger partial charge is 0.337 e. The van der Waals surface area contributed by atoms with Gasteiger partial charge < -0.3 is 4.90 Å². The number of carbonyl (C=O) groups is 1. The second-order valence-electron chi connectivity index (χ2n) is 5.84. The highest BCUT2D eigenvalue weighted by Gasteiger charge is 2.32. The van der Waals surface area contributed by atoms with Gasteiger partial charge in [0.1, 0.15) is 6.04 Å². The summed E-state index contributed by atoms with van der Waals surface area (Å²) in [6, 6.07) is 8.81. The van der Waals surface area contributed by atoms with Crippen molar-refractivity contribution in [2.75, 3.05) is 6.54 Å². The molecule has 0 saturated carbocycles. The topological polar surface area (TPSA) is 44.4 Å². The zero-order valence-corrected chi connectivity index (χ0v) is 12.1. The molecule has 4 heteroatoms. The maximum atomic E-state index is 12.6. The Morgan fingerprint density at radius 3 is 2.90 bits per heavy atom. The van der Waals surface area contributed by atoms with Gasteiger partial charge in [0.15, 0.2) is 0 Å². The smallest absolute Gasteiger partial charge is 0.241 e. The molecule has 20 heavy (non-hydrogen) atoms. The number of hydrazine groups is 1. The van der Waals surface area contributed by atoms with E-state index in [-0.39, 0.29) is 11.9 Å². The van der Waals surface area contributed by atoms with Crippen molar-refractivity contribution in [3.63, 3.8) is 0 Å². The lowest BCUT2D eigenvalue weighted by atomic mass is 9.98. The number of fused-ring (bicyclic) bond motifs is 1. The van der Waals surface area contributed by atoms with Crippen molar-refractivity contribution in [2.45, 2.75) is 51.2 Å². The molecule has 0 radical (unpaired) electrons. The van der Waals surface area contributed by atoms with E-state index in [1.54, 1.807) is 0 Å². The van der Waals surface area contributed by atoms with Crippen LogP contribution in [-0.2, 0) is 17.8 Å². The molecule has 3 rings (SSSR count). The molecule has 2 unspecified atom stereocenters. The first-order valence-electron chi connectivity index (χ1n) is 7.64. The zero-order valence-electron chi connectivity index (χ0n) is 12.1. The Morgan fingerprint density at radius 2 is 2.10 bits per heavy atom. The van der Waals surface area contributed by atoms with E-state index < -0.39 is 0 Å². The molecule has 108 valence electrons. The van der Waals surface area contributed by atoms with Crippen molar-refractivity contribution in [3.8, 4) is 0 Å². The summed E-state index contributed by atoms with van der Waals surface area (Å²) in [5, 5.41) is 0. The monoisotopic (exact) mass is 273 g/mol. The predicted molar refractivity (Wildman–Crippen MR) is 78.9 cm³/mol. The molecule has 1 aromatic carbocycles. The van der Waals surface area contributed by atoms with Gasteiger partial charge in [0.25, 0.3) is 0 Å².